The summed E-state index contributed by atoms with van der Waals surface area (Å²) < 4.78 is 2.03. The van der Waals surface area contributed by atoms with E-state index in [-0.39, 0.29) is 24.5 Å². The van der Waals surface area contributed by atoms with E-state index in [0.717, 1.165) is 29.8 Å². The van der Waals surface area contributed by atoms with Crippen LogP contribution in [0.3, 0.4) is 0 Å². The van der Waals surface area contributed by atoms with E-state index in [2.05, 4.69) is 19.2 Å². The molecule has 1 aromatic heterocycles. The molecule has 3 rings (SSSR count). The van der Waals surface area contributed by atoms with Gasteiger partial charge in [-0.15, -0.1) is 0 Å². The standard InChI is InChI=1S/C23H32N4O2/c1-17(2)14-26(15-21-9-6-12-25(21)4)22(28)16-27(20-10-11-20)23(29)24-19-8-5-7-18(3)13-19/h5-9,12-13,17,20H,10-11,14-16H2,1-4H3,(H,24,29). The van der Waals surface area contributed by atoms with E-state index in [4.69, 9.17) is 0 Å². The van der Waals surface area contributed by atoms with Crippen molar-refractivity contribution in [2.45, 2.75) is 46.2 Å². The van der Waals surface area contributed by atoms with Gasteiger partial charge in [-0.3, -0.25) is 4.79 Å². The zero-order valence-corrected chi connectivity index (χ0v) is 17.9. The van der Waals surface area contributed by atoms with Crippen LogP contribution in [0.15, 0.2) is 42.6 Å². The molecular formula is C23H32N4O2. The number of carbonyl (C=O) groups is 2. The van der Waals surface area contributed by atoms with Gasteiger partial charge in [-0.1, -0.05) is 26.0 Å². The number of hydrogen-bond acceptors (Lipinski definition) is 2. The molecule has 1 heterocycles. The van der Waals surface area contributed by atoms with Gasteiger partial charge >= 0.3 is 6.03 Å². The lowest BCUT2D eigenvalue weighted by Gasteiger charge is -2.29. The number of rotatable bonds is 8. The maximum absolute atomic E-state index is 13.2. The maximum Gasteiger partial charge on any atom is 0.322 e. The quantitative estimate of drug-likeness (QED) is 0.733. The Morgan fingerprint density at radius 2 is 1.97 bits per heavy atom. The average molecular weight is 397 g/mol. The maximum atomic E-state index is 13.2. The van der Waals surface area contributed by atoms with Gasteiger partial charge in [0.1, 0.15) is 6.54 Å². The highest BCUT2D eigenvalue weighted by Gasteiger charge is 2.35. The highest BCUT2D eigenvalue weighted by molar-refractivity contribution is 5.92. The lowest BCUT2D eigenvalue weighted by molar-refractivity contribution is -0.133. The molecule has 1 fully saturated rings. The average Bonchev–Trinajstić information content (AvgIpc) is 3.41. The molecule has 0 bridgehead atoms. The van der Waals surface area contributed by atoms with Crippen LogP contribution in [0.1, 0.15) is 37.9 Å². The Hall–Kier alpha value is -2.76. The molecular weight excluding hydrogens is 364 g/mol. The number of hydrogen-bond donors (Lipinski definition) is 1. The molecule has 0 aliphatic heterocycles. The number of aromatic nitrogens is 1. The van der Waals surface area contributed by atoms with E-state index in [0.29, 0.717) is 19.0 Å². The largest absolute Gasteiger partial charge is 0.353 e. The molecule has 0 unspecified atom stereocenters. The number of nitrogens with zero attached hydrogens (tertiary/aromatic N) is 3. The number of amides is 3. The summed E-state index contributed by atoms with van der Waals surface area (Å²) in [5.74, 6) is 0.348. The molecule has 1 aliphatic carbocycles. The Bertz CT molecular complexity index is 854. The zero-order chi connectivity index (χ0) is 21.0. The molecule has 3 amide bonds. The van der Waals surface area contributed by atoms with Gasteiger partial charge in [0.15, 0.2) is 0 Å². The third-order valence-corrected chi connectivity index (χ3v) is 5.17. The van der Waals surface area contributed by atoms with Crippen LogP contribution in [0.2, 0.25) is 0 Å². The van der Waals surface area contributed by atoms with Crippen molar-refractivity contribution in [3.63, 3.8) is 0 Å². The highest BCUT2D eigenvalue weighted by atomic mass is 16.2. The summed E-state index contributed by atoms with van der Waals surface area (Å²) in [5.41, 5.74) is 2.93. The second-order valence-corrected chi connectivity index (χ2v) is 8.44. The fourth-order valence-electron chi connectivity index (χ4n) is 3.47. The van der Waals surface area contributed by atoms with Crippen LogP contribution in [0.4, 0.5) is 10.5 Å². The van der Waals surface area contributed by atoms with Crippen molar-refractivity contribution < 1.29 is 9.59 Å². The van der Waals surface area contributed by atoms with E-state index in [9.17, 15) is 9.59 Å². The predicted molar refractivity (Wildman–Crippen MR) is 116 cm³/mol. The Morgan fingerprint density at radius 1 is 1.21 bits per heavy atom. The monoisotopic (exact) mass is 396 g/mol. The second kappa shape index (κ2) is 9.16. The number of benzene rings is 1. The molecule has 29 heavy (non-hydrogen) atoms. The van der Waals surface area contributed by atoms with Crippen molar-refractivity contribution in [1.29, 1.82) is 0 Å². The van der Waals surface area contributed by atoms with Crippen LogP contribution < -0.4 is 5.32 Å². The molecule has 1 aliphatic rings. The van der Waals surface area contributed by atoms with Gasteiger partial charge in [0.05, 0.1) is 6.54 Å². The highest BCUT2D eigenvalue weighted by Crippen LogP contribution is 2.28. The normalized spacial score (nSPS) is 13.4. The van der Waals surface area contributed by atoms with E-state index in [1.54, 1.807) is 4.90 Å². The fraction of sp³-hybridized carbons (Fsp3) is 0.478. The van der Waals surface area contributed by atoms with Gasteiger partial charge in [0, 0.05) is 37.2 Å². The molecule has 1 aromatic carbocycles. The Labute approximate surface area is 173 Å². The second-order valence-electron chi connectivity index (χ2n) is 8.44. The third kappa shape index (κ3) is 5.86. The van der Waals surface area contributed by atoms with Gasteiger partial charge in [0.2, 0.25) is 5.91 Å². The van der Waals surface area contributed by atoms with Crippen molar-refractivity contribution in [1.82, 2.24) is 14.4 Å². The Balaban J connectivity index is 1.69. The molecule has 1 N–H and O–H groups in total. The Kier molecular flexibility index (Phi) is 6.62. The molecule has 6 heteroatoms. The summed E-state index contributed by atoms with van der Waals surface area (Å²) in [6.45, 7) is 7.54. The lowest BCUT2D eigenvalue weighted by Crippen LogP contribution is -2.46. The van der Waals surface area contributed by atoms with Crippen molar-refractivity contribution in [2.24, 2.45) is 13.0 Å². The van der Waals surface area contributed by atoms with Crippen molar-refractivity contribution in [3.05, 3.63) is 53.9 Å². The molecule has 6 nitrogen and oxygen atoms in total. The first-order chi connectivity index (χ1) is 13.8. The van der Waals surface area contributed by atoms with Gasteiger partial charge < -0.3 is 19.7 Å². The summed E-state index contributed by atoms with van der Waals surface area (Å²) in [4.78, 5) is 29.6. The summed E-state index contributed by atoms with van der Waals surface area (Å²) in [7, 11) is 1.99. The van der Waals surface area contributed by atoms with E-state index in [1.807, 2.05) is 66.0 Å². The van der Waals surface area contributed by atoms with Gasteiger partial charge in [-0.2, -0.15) is 0 Å². The third-order valence-electron chi connectivity index (χ3n) is 5.17. The molecule has 0 spiro atoms. The first kappa shape index (κ1) is 21.0. The van der Waals surface area contributed by atoms with E-state index < -0.39 is 0 Å². The molecule has 156 valence electrons. The van der Waals surface area contributed by atoms with Crippen LogP contribution in [0.25, 0.3) is 0 Å². The molecule has 0 atom stereocenters. The molecule has 1 saturated carbocycles. The van der Waals surface area contributed by atoms with Gasteiger partial charge in [0.25, 0.3) is 0 Å². The van der Waals surface area contributed by atoms with Crippen LogP contribution in [-0.4, -0.2) is 45.4 Å². The summed E-state index contributed by atoms with van der Waals surface area (Å²) in [6.07, 6.45) is 3.90. The van der Waals surface area contributed by atoms with Crippen molar-refractivity contribution in [3.8, 4) is 0 Å². The minimum absolute atomic E-state index is 0.00816. The minimum atomic E-state index is -0.199. The summed E-state index contributed by atoms with van der Waals surface area (Å²) >= 11 is 0. The molecule has 0 radical (unpaired) electrons. The smallest absolute Gasteiger partial charge is 0.322 e. The first-order valence-corrected chi connectivity index (χ1v) is 10.4. The number of nitrogens with one attached hydrogen (secondary N) is 1. The molecule has 2 aromatic rings. The first-order valence-electron chi connectivity index (χ1n) is 10.4. The number of urea groups is 1. The van der Waals surface area contributed by atoms with Crippen LogP contribution in [0, 0.1) is 12.8 Å². The van der Waals surface area contributed by atoms with Gasteiger partial charge in [-0.05, 0) is 55.5 Å². The van der Waals surface area contributed by atoms with Crippen molar-refractivity contribution >= 4 is 17.6 Å². The van der Waals surface area contributed by atoms with E-state index in [1.165, 1.54) is 0 Å². The minimum Gasteiger partial charge on any atom is -0.353 e. The van der Waals surface area contributed by atoms with E-state index >= 15 is 0 Å². The number of aryl methyl sites for hydroxylation is 2. The number of carbonyl (C=O) groups excluding carboxylic acids is 2. The van der Waals surface area contributed by atoms with Crippen molar-refractivity contribution in [2.75, 3.05) is 18.4 Å². The zero-order valence-electron chi connectivity index (χ0n) is 17.9. The summed E-state index contributed by atoms with van der Waals surface area (Å²) in [5, 5.41) is 2.96. The predicted octanol–water partition coefficient (Wildman–Crippen LogP) is 4.01. The van der Waals surface area contributed by atoms with Crippen LogP contribution >= 0.6 is 0 Å². The lowest BCUT2D eigenvalue weighted by atomic mass is 10.2. The SMILES string of the molecule is Cc1cccc(NC(=O)N(CC(=O)N(Cc2cccn2C)CC(C)C)C2CC2)c1. The van der Waals surface area contributed by atoms with Gasteiger partial charge in [-0.25, -0.2) is 4.79 Å². The summed E-state index contributed by atoms with van der Waals surface area (Å²) in [6, 6.07) is 11.7. The Morgan fingerprint density at radius 3 is 2.55 bits per heavy atom. The van der Waals surface area contributed by atoms with Crippen LogP contribution in [0.5, 0.6) is 0 Å². The van der Waals surface area contributed by atoms with Crippen LogP contribution in [-0.2, 0) is 18.4 Å². The number of anilines is 1. The fourth-order valence-corrected chi connectivity index (χ4v) is 3.47. The topological polar surface area (TPSA) is 57.6 Å². The molecule has 0 saturated heterocycles.